The van der Waals surface area contributed by atoms with Crippen LogP contribution in [0.1, 0.15) is 47.9 Å². The van der Waals surface area contributed by atoms with E-state index in [2.05, 4.69) is 41.0 Å². The van der Waals surface area contributed by atoms with Crippen LogP contribution in [0.3, 0.4) is 0 Å². The standard InChI is InChI=1S/C26H35N3O3/c1-20-18-22-4-2-3-5-24(22)29(20)19-25-23(9-15-32-25)26(30)28-11-7-21(8-12-28)6-10-27-13-16-31-17-14-27/h2-5,9,15,20-21H,6-8,10-14,16-19H2,1H3. The number of fused-ring (bicyclic) bond motifs is 1. The minimum Gasteiger partial charge on any atom is -0.467 e. The van der Waals surface area contributed by atoms with Gasteiger partial charge in [-0.3, -0.25) is 9.69 Å². The number of piperidine rings is 1. The number of carbonyl (C=O) groups excluding carboxylic acids is 1. The number of morpholine rings is 1. The molecule has 5 rings (SSSR count). The van der Waals surface area contributed by atoms with E-state index >= 15 is 0 Å². The van der Waals surface area contributed by atoms with Gasteiger partial charge in [-0.25, -0.2) is 0 Å². The van der Waals surface area contributed by atoms with E-state index in [-0.39, 0.29) is 5.91 Å². The Labute approximate surface area is 191 Å². The molecule has 6 nitrogen and oxygen atoms in total. The quantitative estimate of drug-likeness (QED) is 0.688. The number of nitrogens with zero attached hydrogens (tertiary/aromatic N) is 3. The van der Waals surface area contributed by atoms with Crippen molar-refractivity contribution in [3.63, 3.8) is 0 Å². The molecule has 6 heteroatoms. The summed E-state index contributed by atoms with van der Waals surface area (Å²) in [4.78, 5) is 20.2. The number of hydrogen-bond donors (Lipinski definition) is 0. The molecule has 32 heavy (non-hydrogen) atoms. The van der Waals surface area contributed by atoms with Gasteiger partial charge in [-0.15, -0.1) is 0 Å². The van der Waals surface area contributed by atoms with Crippen LogP contribution in [0.4, 0.5) is 5.69 Å². The van der Waals surface area contributed by atoms with Crippen LogP contribution in [-0.2, 0) is 17.7 Å². The topological polar surface area (TPSA) is 49.2 Å². The highest BCUT2D eigenvalue weighted by atomic mass is 16.5. The van der Waals surface area contributed by atoms with Gasteiger partial charge in [-0.2, -0.15) is 0 Å². The highest BCUT2D eigenvalue weighted by Gasteiger charge is 2.30. The van der Waals surface area contributed by atoms with Crippen molar-refractivity contribution < 1.29 is 13.9 Å². The van der Waals surface area contributed by atoms with Gasteiger partial charge in [0.25, 0.3) is 5.91 Å². The van der Waals surface area contributed by atoms with Crippen molar-refractivity contribution in [1.82, 2.24) is 9.80 Å². The minimum absolute atomic E-state index is 0.125. The number of anilines is 1. The predicted molar refractivity (Wildman–Crippen MR) is 125 cm³/mol. The molecule has 1 atom stereocenters. The maximum Gasteiger partial charge on any atom is 0.257 e. The van der Waals surface area contributed by atoms with Crippen LogP contribution < -0.4 is 4.90 Å². The Morgan fingerprint density at radius 1 is 1.06 bits per heavy atom. The molecule has 2 aromatic rings. The maximum atomic E-state index is 13.3. The molecule has 1 aromatic carbocycles. The second-order valence-corrected chi connectivity index (χ2v) is 9.55. The number of amides is 1. The van der Waals surface area contributed by atoms with Gasteiger partial charge in [0.15, 0.2) is 0 Å². The number of hydrogen-bond acceptors (Lipinski definition) is 5. The van der Waals surface area contributed by atoms with Crippen LogP contribution in [0.2, 0.25) is 0 Å². The molecule has 4 heterocycles. The zero-order valence-corrected chi connectivity index (χ0v) is 19.2. The Balaban J connectivity index is 1.16. The first-order valence-electron chi connectivity index (χ1n) is 12.2. The summed E-state index contributed by atoms with van der Waals surface area (Å²) in [6, 6.07) is 10.8. The van der Waals surface area contributed by atoms with E-state index in [1.807, 2.05) is 11.0 Å². The molecule has 3 aliphatic rings. The highest BCUT2D eigenvalue weighted by molar-refractivity contribution is 5.95. The molecular weight excluding hydrogens is 402 g/mol. The first-order chi connectivity index (χ1) is 15.7. The zero-order chi connectivity index (χ0) is 21.9. The highest BCUT2D eigenvalue weighted by Crippen LogP contribution is 2.34. The fraction of sp³-hybridized carbons (Fsp3) is 0.577. The minimum atomic E-state index is 0.125. The normalized spacial score (nSPS) is 22.3. The first-order valence-corrected chi connectivity index (χ1v) is 12.2. The molecule has 1 aromatic heterocycles. The molecule has 0 N–H and O–H groups in total. The fourth-order valence-corrected chi connectivity index (χ4v) is 5.46. The third-order valence-corrected chi connectivity index (χ3v) is 7.50. The van der Waals surface area contributed by atoms with Crippen LogP contribution >= 0.6 is 0 Å². The largest absolute Gasteiger partial charge is 0.467 e. The van der Waals surface area contributed by atoms with Crippen LogP contribution in [0.15, 0.2) is 41.0 Å². The monoisotopic (exact) mass is 437 g/mol. The molecule has 1 unspecified atom stereocenters. The van der Waals surface area contributed by atoms with Gasteiger partial charge in [0.2, 0.25) is 0 Å². The second kappa shape index (κ2) is 9.67. The van der Waals surface area contributed by atoms with Crippen LogP contribution in [0.25, 0.3) is 0 Å². The molecule has 3 aliphatic heterocycles. The molecular formula is C26H35N3O3. The lowest BCUT2D eigenvalue weighted by Crippen LogP contribution is -2.41. The lowest BCUT2D eigenvalue weighted by Gasteiger charge is -2.34. The molecule has 0 aliphatic carbocycles. The van der Waals surface area contributed by atoms with Crippen molar-refractivity contribution in [2.24, 2.45) is 5.92 Å². The summed E-state index contributed by atoms with van der Waals surface area (Å²) < 4.78 is 11.3. The molecule has 2 fully saturated rings. The van der Waals surface area contributed by atoms with E-state index in [1.54, 1.807) is 6.26 Å². The van der Waals surface area contributed by atoms with Crippen molar-refractivity contribution in [3.8, 4) is 0 Å². The summed E-state index contributed by atoms with van der Waals surface area (Å²) >= 11 is 0. The average molecular weight is 438 g/mol. The Bertz CT molecular complexity index is 913. The summed E-state index contributed by atoms with van der Waals surface area (Å²) in [5, 5.41) is 0. The lowest BCUT2D eigenvalue weighted by atomic mass is 9.93. The maximum absolute atomic E-state index is 13.3. The second-order valence-electron chi connectivity index (χ2n) is 9.55. The van der Waals surface area contributed by atoms with Crippen LogP contribution in [0.5, 0.6) is 0 Å². The van der Waals surface area contributed by atoms with E-state index in [1.165, 1.54) is 17.7 Å². The molecule has 1 amide bonds. The number of furan rings is 1. The van der Waals surface area contributed by atoms with E-state index in [9.17, 15) is 4.79 Å². The Morgan fingerprint density at radius 3 is 2.66 bits per heavy atom. The van der Waals surface area contributed by atoms with Gasteiger partial charge in [0, 0.05) is 37.9 Å². The molecule has 0 saturated carbocycles. The summed E-state index contributed by atoms with van der Waals surface area (Å²) in [6.45, 7) is 9.57. The van der Waals surface area contributed by atoms with Crippen molar-refractivity contribution >= 4 is 11.6 Å². The average Bonchev–Trinajstić information content (AvgIpc) is 3.43. The van der Waals surface area contributed by atoms with Crippen molar-refractivity contribution in [2.45, 2.75) is 45.2 Å². The summed E-state index contributed by atoms with van der Waals surface area (Å²) in [5.41, 5.74) is 3.36. The van der Waals surface area contributed by atoms with Crippen molar-refractivity contribution in [2.75, 3.05) is 50.8 Å². The summed E-state index contributed by atoms with van der Waals surface area (Å²) in [7, 11) is 0. The van der Waals surface area contributed by atoms with Crippen molar-refractivity contribution in [3.05, 3.63) is 53.5 Å². The number of ether oxygens (including phenoxy) is 1. The van der Waals surface area contributed by atoms with Gasteiger partial charge in [0.1, 0.15) is 5.76 Å². The molecule has 0 bridgehead atoms. The number of para-hydroxylation sites is 1. The van der Waals surface area contributed by atoms with E-state index < -0.39 is 0 Å². The van der Waals surface area contributed by atoms with E-state index in [4.69, 9.17) is 9.15 Å². The SMILES string of the molecule is CC1Cc2ccccc2N1Cc1occc1C(=O)N1CCC(CCN2CCOCC2)CC1. The summed E-state index contributed by atoms with van der Waals surface area (Å²) in [5.74, 6) is 1.63. The van der Waals surface area contributed by atoms with E-state index in [0.29, 0.717) is 18.5 Å². The summed E-state index contributed by atoms with van der Waals surface area (Å²) in [6.07, 6.45) is 6.13. The molecule has 0 radical (unpaired) electrons. The van der Waals surface area contributed by atoms with Gasteiger partial charge in [-0.1, -0.05) is 18.2 Å². The number of benzene rings is 1. The van der Waals surface area contributed by atoms with Gasteiger partial charge in [-0.05, 0) is 62.8 Å². The van der Waals surface area contributed by atoms with Crippen LogP contribution in [-0.4, -0.2) is 67.7 Å². The lowest BCUT2D eigenvalue weighted by molar-refractivity contribution is 0.0332. The Morgan fingerprint density at radius 2 is 1.84 bits per heavy atom. The van der Waals surface area contributed by atoms with Gasteiger partial charge in [0.05, 0.1) is 31.6 Å². The molecule has 2 saturated heterocycles. The Kier molecular flexibility index (Phi) is 6.51. The van der Waals surface area contributed by atoms with E-state index in [0.717, 1.165) is 76.5 Å². The van der Waals surface area contributed by atoms with Crippen molar-refractivity contribution in [1.29, 1.82) is 0 Å². The molecule has 172 valence electrons. The third-order valence-electron chi connectivity index (χ3n) is 7.50. The zero-order valence-electron chi connectivity index (χ0n) is 19.2. The van der Waals surface area contributed by atoms with Crippen LogP contribution in [0, 0.1) is 5.92 Å². The smallest absolute Gasteiger partial charge is 0.257 e. The number of likely N-dealkylation sites (tertiary alicyclic amines) is 1. The number of carbonyl (C=O) groups is 1. The third kappa shape index (κ3) is 4.57. The fourth-order valence-electron chi connectivity index (χ4n) is 5.46. The first kappa shape index (κ1) is 21.5. The number of rotatable bonds is 6. The predicted octanol–water partition coefficient (Wildman–Crippen LogP) is 3.81. The molecule has 0 spiro atoms. The van der Waals surface area contributed by atoms with Gasteiger partial charge >= 0.3 is 0 Å². The van der Waals surface area contributed by atoms with Gasteiger partial charge < -0.3 is 19.0 Å². The Hall–Kier alpha value is -2.31.